The predicted molar refractivity (Wildman–Crippen MR) is 253 cm³/mol. The van der Waals surface area contributed by atoms with E-state index in [0.717, 1.165) is 67.2 Å². The van der Waals surface area contributed by atoms with Gasteiger partial charge in [-0.05, 0) is 93.9 Å². The van der Waals surface area contributed by atoms with Crippen molar-refractivity contribution in [3.63, 3.8) is 0 Å². The molecule has 1 unspecified atom stereocenters. The maximum atomic E-state index is 6.61. The largest absolute Gasteiger partial charge is 0.456 e. The van der Waals surface area contributed by atoms with Gasteiger partial charge in [0.2, 0.25) is 0 Å². The third-order valence-electron chi connectivity index (χ3n) is 12.8. The minimum Gasteiger partial charge on any atom is -0.456 e. The molecule has 5 heteroatoms. The van der Waals surface area contributed by atoms with Crippen LogP contribution in [0.15, 0.2) is 205 Å². The minimum absolute atomic E-state index is 0.306. The molecule has 2 aliphatic rings. The summed E-state index contributed by atoms with van der Waals surface area (Å²) in [7, 11) is 0. The molecule has 11 aromatic rings. The van der Waals surface area contributed by atoms with Gasteiger partial charge in [0.05, 0.1) is 11.0 Å². The summed E-state index contributed by atoms with van der Waals surface area (Å²) in [5.74, 6) is 2.11. The van der Waals surface area contributed by atoms with E-state index in [2.05, 4.69) is 187 Å². The zero-order valence-corrected chi connectivity index (χ0v) is 33.5. The van der Waals surface area contributed by atoms with Gasteiger partial charge in [0.1, 0.15) is 11.2 Å². The molecule has 0 fully saturated rings. The lowest BCUT2D eigenvalue weighted by Gasteiger charge is -2.33. The van der Waals surface area contributed by atoms with Gasteiger partial charge >= 0.3 is 0 Å². The molecule has 0 spiro atoms. The van der Waals surface area contributed by atoms with Crippen LogP contribution in [-0.4, -0.2) is 19.5 Å². The van der Waals surface area contributed by atoms with Gasteiger partial charge in [-0.15, -0.1) is 0 Å². The van der Waals surface area contributed by atoms with Crippen LogP contribution in [0.1, 0.15) is 29.0 Å². The SMILES string of the molecule is C1=C(c2ccc3oc4cc(-c5nc(-c6ccccc6)nc(-c6cccc7c8ccccc8n(-c8ccccc8)c67)n5)ccc4c3c2)CC2C(=C1)c1ccccc1-c1ccccc12. The Hall–Kier alpha value is -8.15. The second-order valence-electron chi connectivity index (χ2n) is 16.3. The number of allylic oxidation sites excluding steroid dienone is 4. The van der Waals surface area contributed by atoms with Gasteiger partial charge < -0.3 is 8.98 Å². The first-order valence-corrected chi connectivity index (χ1v) is 21.2. The molecule has 0 amide bonds. The van der Waals surface area contributed by atoms with E-state index in [9.17, 15) is 0 Å². The molecule has 5 nitrogen and oxygen atoms in total. The Labute approximate surface area is 357 Å². The van der Waals surface area contributed by atoms with Crippen molar-refractivity contribution in [1.82, 2.24) is 19.5 Å². The van der Waals surface area contributed by atoms with Gasteiger partial charge in [-0.3, -0.25) is 0 Å². The summed E-state index contributed by atoms with van der Waals surface area (Å²) in [4.78, 5) is 15.6. The number of benzene rings is 8. The smallest absolute Gasteiger partial charge is 0.166 e. The van der Waals surface area contributed by atoms with Crippen molar-refractivity contribution in [1.29, 1.82) is 0 Å². The van der Waals surface area contributed by atoms with E-state index in [1.807, 2.05) is 18.2 Å². The Morgan fingerprint density at radius 2 is 1.11 bits per heavy atom. The van der Waals surface area contributed by atoms with Gasteiger partial charge in [-0.2, -0.15) is 0 Å². The molecule has 3 heterocycles. The molecule has 0 radical (unpaired) electrons. The lowest BCUT2D eigenvalue weighted by molar-refractivity contribution is 0.669. The zero-order valence-electron chi connectivity index (χ0n) is 33.5. The van der Waals surface area contributed by atoms with Crippen LogP contribution < -0.4 is 0 Å². The van der Waals surface area contributed by atoms with Gasteiger partial charge in [0.15, 0.2) is 17.5 Å². The number of aromatic nitrogens is 4. The molecular formula is C57H36N4O. The number of rotatable bonds is 5. The molecular weight excluding hydrogens is 757 g/mol. The van der Waals surface area contributed by atoms with E-state index in [4.69, 9.17) is 19.4 Å². The fourth-order valence-corrected chi connectivity index (χ4v) is 9.99. The van der Waals surface area contributed by atoms with Gasteiger partial charge in [-0.1, -0.05) is 152 Å². The number of hydrogen-bond acceptors (Lipinski definition) is 4. The molecule has 0 N–H and O–H groups in total. The Morgan fingerprint density at radius 1 is 0.435 bits per heavy atom. The average Bonchev–Trinajstić information content (AvgIpc) is 3.89. The van der Waals surface area contributed by atoms with Crippen LogP contribution in [-0.2, 0) is 0 Å². The first-order valence-electron chi connectivity index (χ1n) is 21.2. The second kappa shape index (κ2) is 13.7. The van der Waals surface area contributed by atoms with E-state index >= 15 is 0 Å². The van der Waals surface area contributed by atoms with E-state index in [1.165, 1.54) is 44.3 Å². The third kappa shape index (κ3) is 5.38. The molecule has 62 heavy (non-hydrogen) atoms. The summed E-state index contributed by atoms with van der Waals surface area (Å²) in [6.45, 7) is 0. The van der Waals surface area contributed by atoms with Gasteiger partial charge in [0.25, 0.3) is 0 Å². The van der Waals surface area contributed by atoms with Crippen LogP contribution in [0.5, 0.6) is 0 Å². The topological polar surface area (TPSA) is 56.7 Å². The van der Waals surface area contributed by atoms with E-state index < -0.39 is 0 Å². The fraction of sp³-hybridized carbons (Fsp3) is 0.0351. The fourth-order valence-electron chi connectivity index (χ4n) is 9.99. The summed E-state index contributed by atoms with van der Waals surface area (Å²) in [5.41, 5.74) is 17.0. The molecule has 0 saturated heterocycles. The first kappa shape index (κ1) is 34.7. The van der Waals surface area contributed by atoms with Crippen molar-refractivity contribution < 1.29 is 4.42 Å². The van der Waals surface area contributed by atoms with Crippen LogP contribution in [0.25, 0.3) is 106 Å². The highest BCUT2D eigenvalue weighted by atomic mass is 16.3. The number of furan rings is 1. The standard InChI is InChI=1S/C57H36N4O/c1-3-14-35(15-4-1)55-58-56(60-57(59-55)48-24-13-23-47-45-22-11-12-25-51(45)61(54(47)48)39-16-5-2-6-17-39)38-27-30-46-50-33-37(28-31-52(50)62-53(46)34-38)36-26-29-44-42-20-8-7-18-40(42)41-19-9-10-21-43(41)49(44)32-36/h1-31,33-34,49H,32H2. The second-order valence-corrected chi connectivity index (χ2v) is 16.3. The summed E-state index contributed by atoms with van der Waals surface area (Å²) in [6.07, 6.45) is 5.60. The molecule has 3 aromatic heterocycles. The zero-order chi connectivity index (χ0) is 40.7. The molecule has 8 aromatic carbocycles. The van der Waals surface area contributed by atoms with Crippen molar-refractivity contribution in [2.24, 2.45) is 0 Å². The highest BCUT2D eigenvalue weighted by molar-refractivity contribution is 6.13. The van der Waals surface area contributed by atoms with Crippen molar-refractivity contribution >= 4 is 54.9 Å². The number of nitrogens with zero attached hydrogens (tertiary/aromatic N) is 4. The van der Waals surface area contributed by atoms with E-state index in [-0.39, 0.29) is 0 Å². The number of para-hydroxylation sites is 3. The van der Waals surface area contributed by atoms with Crippen LogP contribution in [0.3, 0.4) is 0 Å². The summed E-state index contributed by atoms with van der Waals surface area (Å²) < 4.78 is 8.93. The monoisotopic (exact) mass is 792 g/mol. The Morgan fingerprint density at radius 3 is 1.98 bits per heavy atom. The molecule has 0 bridgehead atoms. The van der Waals surface area contributed by atoms with E-state index in [0.29, 0.717) is 23.4 Å². The normalized spacial score (nSPS) is 14.4. The highest BCUT2D eigenvalue weighted by Gasteiger charge is 2.31. The summed E-state index contributed by atoms with van der Waals surface area (Å²) in [6, 6.07) is 66.4. The van der Waals surface area contributed by atoms with Gasteiger partial charge in [-0.25, -0.2) is 15.0 Å². The molecule has 2 aliphatic carbocycles. The maximum absolute atomic E-state index is 6.61. The minimum atomic E-state index is 0.306. The van der Waals surface area contributed by atoms with Crippen LogP contribution in [0.2, 0.25) is 0 Å². The Balaban J connectivity index is 0.933. The van der Waals surface area contributed by atoms with Crippen molar-refractivity contribution in [2.75, 3.05) is 0 Å². The highest BCUT2D eigenvalue weighted by Crippen LogP contribution is 2.52. The Kier molecular flexibility index (Phi) is 7.66. The van der Waals surface area contributed by atoms with Crippen molar-refractivity contribution in [3.8, 4) is 51.0 Å². The first-order chi connectivity index (χ1) is 30.7. The molecule has 13 rings (SSSR count). The summed E-state index contributed by atoms with van der Waals surface area (Å²) >= 11 is 0. The van der Waals surface area contributed by atoms with Gasteiger partial charge in [0, 0.05) is 49.8 Å². The molecule has 1 atom stereocenters. The average molecular weight is 793 g/mol. The Bertz CT molecular complexity index is 3670. The van der Waals surface area contributed by atoms with Crippen LogP contribution in [0.4, 0.5) is 0 Å². The molecule has 0 aliphatic heterocycles. The molecule has 290 valence electrons. The quantitative estimate of drug-likeness (QED) is 0.174. The van der Waals surface area contributed by atoms with Crippen LogP contribution in [0, 0.1) is 0 Å². The summed E-state index contributed by atoms with van der Waals surface area (Å²) in [5, 5.41) is 4.47. The third-order valence-corrected chi connectivity index (χ3v) is 12.8. The lowest BCUT2D eigenvalue weighted by atomic mass is 9.70. The predicted octanol–water partition coefficient (Wildman–Crippen LogP) is 14.5. The maximum Gasteiger partial charge on any atom is 0.166 e. The molecule has 0 saturated carbocycles. The number of fused-ring (bicyclic) bond motifs is 12. The van der Waals surface area contributed by atoms with Crippen molar-refractivity contribution in [3.05, 3.63) is 217 Å². The van der Waals surface area contributed by atoms with Crippen LogP contribution >= 0.6 is 0 Å². The lowest BCUT2D eigenvalue weighted by Crippen LogP contribution is -2.13. The van der Waals surface area contributed by atoms with E-state index in [1.54, 1.807) is 0 Å². The number of hydrogen-bond donors (Lipinski definition) is 0. The van der Waals surface area contributed by atoms with Crippen molar-refractivity contribution in [2.45, 2.75) is 12.3 Å².